The third-order valence-corrected chi connectivity index (χ3v) is 7.74. The minimum absolute atomic E-state index is 0.0772. The van der Waals surface area contributed by atoms with Crippen LogP contribution in [0.3, 0.4) is 0 Å². The maximum atomic E-state index is 10.7. The van der Waals surface area contributed by atoms with Crippen molar-refractivity contribution in [2.24, 2.45) is 5.92 Å². The van der Waals surface area contributed by atoms with Crippen LogP contribution in [0.1, 0.15) is 56.6 Å². The van der Waals surface area contributed by atoms with Crippen LogP contribution in [0.2, 0.25) is 0 Å². The average molecular weight is 684 g/mol. The van der Waals surface area contributed by atoms with Gasteiger partial charge in [0.15, 0.2) is 0 Å². The number of hydrogen-bond acceptors (Lipinski definition) is 11. The number of aliphatic carboxylic acids is 5. The molecule has 0 amide bonds. The highest BCUT2D eigenvalue weighted by Crippen LogP contribution is 2.16. The molecule has 10 N–H and O–H groups in total. The van der Waals surface area contributed by atoms with Gasteiger partial charge in [0, 0.05) is 20.2 Å². The highest BCUT2D eigenvalue weighted by Gasteiger charge is 2.28. The Bertz CT molecular complexity index is 1130. The molecule has 1 aromatic carbocycles. The summed E-state index contributed by atoms with van der Waals surface area (Å²) < 4.78 is 4.92. The van der Waals surface area contributed by atoms with Crippen LogP contribution in [0.5, 0.6) is 0 Å². The highest BCUT2D eigenvalue weighted by atomic mass is 16.5. The lowest BCUT2D eigenvalue weighted by Crippen LogP contribution is -2.48. The first-order chi connectivity index (χ1) is 22.9. The van der Waals surface area contributed by atoms with E-state index < -0.39 is 35.9 Å². The minimum Gasteiger partial charge on any atom is -0.480 e. The van der Waals surface area contributed by atoms with E-state index in [0.29, 0.717) is 31.9 Å². The smallest absolute Gasteiger partial charge is 0.321 e. The third-order valence-electron chi connectivity index (χ3n) is 7.74. The fourth-order valence-corrected chi connectivity index (χ4v) is 4.92. The Hall–Kier alpha value is -3.67. The topological polar surface area (TPSA) is 256 Å². The number of carboxylic acid groups (broad SMARTS) is 5. The van der Waals surface area contributed by atoms with E-state index in [2.05, 4.69) is 26.6 Å². The molecule has 0 aliphatic carbocycles. The van der Waals surface area contributed by atoms with Gasteiger partial charge in [-0.1, -0.05) is 37.6 Å². The molecular formula is C32H53N5O11. The summed E-state index contributed by atoms with van der Waals surface area (Å²) >= 11 is 0. The molecule has 4 aliphatic rings. The number of methoxy groups -OCH3 is 1. The molecule has 5 rings (SSSR count). The molecule has 1 aromatic rings. The summed E-state index contributed by atoms with van der Waals surface area (Å²) in [7, 11) is 1.63. The van der Waals surface area contributed by atoms with Crippen molar-refractivity contribution in [1.82, 2.24) is 26.6 Å². The summed E-state index contributed by atoms with van der Waals surface area (Å²) in [4.78, 5) is 51.2. The summed E-state index contributed by atoms with van der Waals surface area (Å²) in [6.07, 6.45) is 5.99. The molecule has 5 atom stereocenters. The molecule has 16 nitrogen and oxygen atoms in total. The van der Waals surface area contributed by atoms with Gasteiger partial charge in [0.25, 0.3) is 0 Å². The van der Waals surface area contributed by atoms with Gasteiger partial charge in [-0.15, -0.1) is 0 Å². The number of carboxylic acids is 5. The summed E-state index contributed by atoms with van der Waals surface area (Å²) in [5, 5.41) is 56.4. The molecule has 16 heteroatoms. The van der Waals surface area contributed by atoms with Crippen LogP contribution in [0.15, 0.2) is 24.3 Å². The Labute approximate surface area is 281 Å². The average Bonchev–Trinajstić information content (AvgIpc) is 3.51. The van der Waals surface area contributed by atoms with E-state index >= 15 is 0 Å². The van der Waals surface area contributed by atoms with E-state index in [1.807, 2.05) is 31.2 Å². The number of ether oxygens (including phenoxy) is 1. The van der Waals surface area contributed by atoms with Crippen LogP contribution in [0.4, 0.5) is 0 Å². The fraction of sp³-hybridized carbons (Fsp3) is 0.656. The maximum absolute atomic E-state index is 10.7. The molecule has 0 spiro atoms. The Morgan fingerprint density at radius 3 is 1.77 bits per heavy atom. The first-order valence-corrected chi connectivity index (χ1v) is 16.2. The van der Waals surface area contributed by atoms with Gasteiger partial charge in [-0.05, 0) is 75.2 Å². The quantitative estimate of drug-likeness (QED) is 0.148. The molecule has 0 bridgehead atoms. The molecule has 4 heterocycles. The lowest BCUT2D eigenvalue weighted by atomic mass is 9.96. The Balaban J connectivity index is 0.000000306. The molecule has 48 heavy (non-hydrogen) atoms. The second-order valence-corrected chi connectivity index (χ2v) is 11.6. The van der Waals surface area contributed by atoms with E-state index in [0.717, 1.165) is 63.8 Å². The number of carbonyl (C=O) groups is 5. The largest absolute Gasteiger partial charge is 0.480 e. The van der Waals surface area contributed by atoms with E-state index in [-0.39, 0.29) is 24.7 Å². The standard InChI is InChI=1S/C10H11NO2.C7H13NO3.C6H11NO2.C5H11NO2.C4H7NO2/c12-10(13)9-5-7-3-1-2-4-8(7)6-11-9;1-11-4-5-2-6(7(9)10)8-3-5;8-6(9)5-3-1-2-4-7-5;1-2-3-6-4-5(7)8;6-4(7)3-1-2-5-3/h1-4,9,11H,5-6H2,(H,12,13);5-6,8H,2-4H2,1H3,(H,9,10);5,7H,1-4H2,(H,8,9);6H,2-4H2,1H3,(H,7,8);3,5H,1-2H2,(H,6,7)/t9-;5-,6+;5-;;3-/m010.0/s1. The predicted molar refractivity (Wildman–Crippen MR) is 176 cm³/mol. The Morgan fingerprint density at radius 1 is 0.771 bits per heavy atom. The molecule has 0 aromatic heterocycles. The molecule has 0 saturated carbocycles. The van der Waals surface area contributed by atoms with Crippen molar-refractivity contribution in [2.45, 2.75) is 82.6 Å². The van der Waals surface area contributed by atoms with Gasteiger partial charge in [-0.2, -0.15) is 0 Å². The Morgan fingerprint density at radius 2 is 1.35 bits per heavy atom. The maximum Gasteiger partial charge on any atom is 0.321 e. The predicted octanol–water partition coefficient (Wildman–Crippen LogP) is 0.198. The van der Waals surface area contributed by atoms with Crippen molar-refractivity contribution in [3.63, 3.8) is 0 Å². The van der Waals surface area contributed by atoms with E-state index in [9.17, 15) is 24.0 Å². The zero-order valence-corrected chi connectivity index (χ0v) is 27.8. The lowest BCUT2D eigenvalue weighted by Gasteiger charge is -2.22. The molecule has 3 fully saturated rings. The van der Waals surface area contributed by atoms with Gasteiger partial charge in [-0.25, -0.2) is 0 Å². The molecule has 3 saturated heterocycles. The number of fused-ring (bicyclic) bond motifs is 1. The van der Waals surface area contributed by atoms with Gasteiger partial charge in [0.2, 0.25) is 0 Å². The van der Waals surface area contributed by atoms with Crippen molar-refractivity contribution in [3.05, 3.63) is 35.4 Å². The first-order valence-electron chi connectivity index (χ1n) is 16.2. The van der Waals surface area contributed by atoms with E-state index in [4.69, 9.17) is 30.3 Å². The minimum atomic E-state index is -0.793. The number of hydrogen-bond donors (Lipinski definition) is 10. The van der Waals surface area contributed by atoms with Crippen molar-refractivity contribution in [2.75, 3.05) is 46.4 Å². The highest BCUT2D eigenvalue weighted by molar-refractivity contribution is 5.75. The van der Waals surface area contributed by atoms with Crippen LogP contribution in [-0.4, -0.2) is 126 Å². The number of nitrogens with one attached hydrogen (secondary N) is 5. The summed E-state index contributed by atoms with van der Waals surface area (Å²) in [6, 6.07) is 6.63. The lowest BCUT2D eigenvalue weighted by molar-refractivity contribution is -0.141. The van der Waals surface area contributed by atoms with Crippen molar-refractivity contribution in [3.8, 4) is 0 Å². The molecule has 272 valence electrons. The summed E-state index contributed by atoms with van der Waals surface area (Å²) in [5.41, 5.74) is 2.36. The fourth-order valence-electron chi connectivity index (χ4n) is 4.92. The monoisotopic (exact) mass is 683 g/mol. The molecule has 0 radical (unpaired) electrons. The second kappa shape index (κ2) is 24.5. The molecular weight excluding hydrogens is 630 g/mol. The molecule has 0 unspecified atom stereocenters. The van der Waals surface area contributed by atoms with Gasteiger partial charge in [0.1, 0.15) is 24.2 Å². The van der Waals surface area contributed by atoms with Gasteiger partial charge in [0.05, 0.1) is 13.2 Å². The number of benzene rings is 1. The van der Waals surface area contributed by atoms with Crippen LogP contribution in [0.25, 0.3) is 0 Å². The van der Waals surface area contributed by atoms with Crippen LogP contribution >= 0.6 is 0 Å². The zero-order valence-electron chi connectivity index (χ0n) is 27.8. The normalized spacial score (nSPS) is 23.6. The van der Waals surface area contributed by atoms with E-state index in [1.54, 1.807) is 7.11 Å². The van der Waals surface area contributed by atoms with E-state index in [1.165, 1.54) is 5.56 Å². The zero-order chi connectivity index (χ0) is 35.9. The number of rotatable bonds is 10. The number of piperidine rings is 1. The third kappa shape index (κ3) is 18.0. The van der Waals surface area contributed by atoms with Gasteiger partial charge >= 0.3 is 29.8 Å². The van der Waals surface area contributed by atoms with Gasteiger partial charge in [-0.3, -0.25) is 24.0 Å². The first kappa shape index (κ1) is 42.4. The second-order valence-electron chi connectivity index (χ2n) is 11.6. The van der Waals surface area contributed by atoms with Crippen molar-refractivity contribution < 1.29 is 54.2 Å². The summed E-state index contributed by atoms with van der Waals surface area (Å²) in [6.45, 7) is 6.64. The van der Waals surface area contributed by atoms with Crippen LogP contribution < -0.4 is 26.6 Å². The van der Waals surface area contributed by atoms with Crippen molar-refractivity contribution in [1.29, 1.82) is 0 Å². The van der Waals surface area contributed by atoms with Gasteiger partial charge < -0.3 is 56.9 Å². The van der Waals surface area contributed by atoms with Crippen LogP contribution in [0, 0.1) is 5.92 Å². The summed E-state index contributed by atoms with van der Waals surface area (Å²) in [5.74, 6) is -3.40. The SMILES string of the molecule is CCCNCC(=O)O.COC[C@H]1CN[C@H](C(=O)O)C1.O=C(O)[C@@H]1CCCCN1.O=C(O)[C@@H]1CCN1.O=C(O)[C@@H]1Cc2ccccc2CN1. The van der Waals surface area contributed by atoms with Crippen LogP contribution in [-0.2, 0) is 41.7 Å². The van der Waals surface area contributed by atoms with Crippen molar-refractivity contribution >= 4 is 29.8 Å². The molecule has 4 aliphatic heterocycles. The Kier molecular flexibility index (Phi) is 21.6.